The molecule has 2 aromatic carbocycles. The van der Waals surface area contributed by atoms with Crippen LogP contribution in [0.2, 0.25) is 0 Å². The predicted octanol–water partition coefficient (Wildman–Crippen LogP) is 2.83. The summed E-state index contributed by atoms with van der Waals surface area (Å²) in [6.07, 6.45) is -0.129. The second-order valence-electron chi connectivity index (χ2n) is 4.71. The number of aliphatic imine (C=N–C) groups is 1. The molecule has 0 saturated heterocycles. The number of guanidine groups is 1. The molecule has 0 fully saturated rings. The highest BCUT2D eigenvalue weighted by molar-refractivity contribution is 8.93. The van der Waals surface area contributed by atoms with E-state index in [0.29, 0.717) is 19.1 Å². The van der Waals surface area contributed by atoms with Gasteiger partial charge in [-0.05, 0) is 24.3 Å². The largest absolute Gasteiger partial charge is 0.486 e. The van der Waals surface area contributed by atoms with E-state index in [4.69, 9.17) is 15.2 Å². The Bertz CT molecular complexity index is 634. The van der Waals surface area contributed by atoms with Crippen LogP contribution in [-0.4, -0.2) is 25.2 Å². The van der Waals surface area contributed by atoms with Gasteiger partial charge in [-0.25, -0.2) is 4.99 Å². The number of nitrogens with one attached hydrogen (secondary N) is 1. The zero-order valence-electron chi connectivity index (χ0n) is 11.9. The van der Waals surface area contributed by atoms with Gasteiger partial charge in [0.15, 0.2) is 23.6 Å². The van der Waals surface area contributed by atoms with E-state index in [-0.39, 0.29) is 23.1 Å². The third kappa shape index (κ3) is 4.14. The van der Waals surface area contributed by atoms with Crippen LogP contribution in [0, 0.1) is 0 Å². The molecule has 2 aromatic rings. The number of hydrogen-bond donors (Lipinski definition) is 2. The van der Waals surface area contributed by atoms with Crippen molar-refractivity contribution in [2.24, 2.45) is 10.7 Å². The van der Waals surface area contributed by atoms with Crippen molar-refractivity contribution in [3.8, 4) is 11.5 Å². The zero-order chi connectivity index (χ0) is 14.5. The summed E-state index contributed by atoms with van der Waals surface area (Å²) < 4.78 is 11.4. The van der Waals surface area contributed by atoms with Gasteiger partial charge in [0.05, 0.1) is 6.54 Å². The Morgan fingerprint density at radius 2 is 1.77 bits per heavy atom. The summed E-state index contributed by atoms with van der Waals surface area (Å²) in [7, 11) is 0. The molecule has 1 atom stereocenters. The van der Waals surface area contributed by atoms with Gasteiger partial charge in [-0.2, -0.15) is 0 Å². The van der Waals surface area contributed by atoms with E-state index < -0.39 is 0 Å². The van der Waals surface area contributed by atoms with Crippen molar-refractivity contribution in [2.75, 3.05) is 18.5 Å². The maximum Gasteiger partial charge on any atom is 0.193 e. The summed E-state index contributed by atoms with van der Waals surface area (Å²) in [6, 6.07) is 17.3. The number of anilines is 1. The van der Waals surface area contributed by atoms with Crippen LogP contribution in [0.3, 0.4) is 0 Å². The highest BCUT2D eigenvalue weighted by atomic mass is 79.9. The first-order valence-corrected chi connectivity index (χ1v) is 6.82. The smallest absolute Gasteiger partial charge is 0.193 e. The first kappa shape index (κ1) is 16.2. The van der Waals surface area contributed by atoms with Crippen molar-refractivity contribution in [3.05, 3.63) is 54.6 Å². The quantitative estimate of drug-likeness (QED) is 0.649. The molecule has 1 heterocycles. The lowest BCUT2D eigenvalue weighted by Gasteiger charge is -2.25. The monoisotopic (exact) mass is 363 g/mol. The Balaban J connectivity index is 0.00000176. The van der Waals surface area contributed by atoms with Crippen molar-refractivity contribution in [1.29, 1.82) is 0 Å². The Hall–Kier alpha value is -2.21. The standard InChI is InChI=1S/C16H17N3O2.BrH/c17-16(19-12-6-2-1-3-7-12)18-10-13-11-20-14-8-4-5-9-15(14)21-13;/h1-9,13H,10-11H2,(H3,17,18,19);1H. The molecule has 116 valence electrons. The minimum absolute atomic E-state index is 0. The third-order valence-corrected chi connectivity index (χ3v) is 3.08. The van der Waals surface area contributed by atoms with E-state index in [1.807, 2.05) is 54.6 Å². The molecule has 3 N–H and O–H groups in total. The van der Waals surface area contributed by atoms with Gasteiger partial charge >= 0.3 is 0 Å². The van der Waals surface area contributed by atoms with Crippen LogP contribution in [0.1, 0.15) is 0 Å². The van der Waals surface area contributed by atoms with Gasteiger partial charge < -0.3 is 20.5 Å². The molecule has 0 aromatic heterocycles. The fraction of sp³-hybridized carbons (Fsp3) is 0.188. The third-order valence-electron chi connectivity index (χ3n) is 3.08. The summed E-state index contributed by atoms with van der Waals surface area (Å²) in [5.41, 5.74) is 6.77. The molecule has 0 saturated carbocycles. The van der Waals surface area contributed by atoms with E-state index in [9.17, 15) is 0 Å². The maximum atomic E-state index is 5.86. The molecule has 3 rings (SSSR count). The highest BCUT2D eigenvalue weighted by Gasteiger charge is 2.20. The lowest BCUT2D eigenvalue weighted by molar-refractivity contribution is 0.0972. The Labute approximate surface area is 139 Å². The van der Waals surface area contributed by atoms with Crippen LogP contribution in [0.25, 0.3) is 0 Å². The topological polar surface area (TPSA) is 68.9 Å². The fourth-order valence-corrected chi connectivity index (χ4v) is 2.06. The van der Waals surface area contributed by atoms with E-state index >= 15 is 0 Å². The fourth-order valence-electron chi connectivity index (χ4n) is 2.06. The van der Waals surface area contributed by atoms with Crippen molar-refractivity contribution in [3.63, 3.8) is 0 Å². The molecule has 0 radical (unpaired) electrons. The molecule has 0 bridgehead atoms. The minimum Gasteiger partial charge on any atom is -0.486 e. The Morgan fingerprint density at radius 1 is 1.09 bits per heavy atom. The lowest BCUT2D eigenvalue weighted by Crippen LogP contribution is -2.33. The van der Waals surface area contributed by atoms with Gasteiger partial charge in [0.2, 0.25) is 0 Å². The van der Waals surface area contributed by atoms with Crippen LogP contribution < -0.4 is 20.5 Å². The van der Waals surface area contributed by atoms with Crippen LogP contribution in [0.4, 0.5) is 5.69 Å². The number of rotatable bonds is 3. The second kappa shape index (κ2) is 7.70. The molecule has 1 aliphatic rings. The van der Waals surface area contributed by atoms with Crippen LogP contribution in [-0.2, 0) is 0 Å². The molecular formula is C16H18BrN3O2. The first-order valence-electron chi connectivity index (χ1n) is 6.82. The van der Waals surface area contributed by atoms with Crippen LogP contribution in [0.5, 0.6) is 11.5 Å². The Morgan fingerprint density at radius 3 is 2.55 bits per heavy atom. The Kier molecular flexibility index (Phi) is 5.66. The molecule has 1 unspecified atom stereocenters. The molecular weight excluding hydrogens is 346 g/mol. The summed E-state index contributed by atoms with van der Waals surface area (Å²) >= 11 is 0. The highest BCUT2D eigenvalue weighted by Crippen LogP contribution is 2.30. The van der Waals surface area contributed by atoms with Crippen molar-refractivity contribution >= 4 is 28.6 Å². The number of para-hydroxylation sites is 3. The molecule has 0 amide bonds. The first-order chi connectivity index (χ1) is 10.3. The summed E-state index contributed by atoms with van der Waals surface area (Å²) in [5, 5.41) is 3.03. The minimum atomic E-state index is -0.129. The van der Waals surface area contributed by atoms with Gasteiger partial charge in [-0.15, -0.1) is 17.0 Å². The van der Waals surface area contributed by atoms with Gasteiger partial charge in [0.1, 0.15) is 6.61 Å². The number of ether oxygens (including phenoxy) is 2. The van der Waals surface area contributed by atoms with E-state index in [2.05, 4.69) is 10.3 Å². The second-order valence-corrected chi connectivity index (χ2v) is 4.71. The molecule has 5 nitrogen and oxygen atoms in total. The lowest BCUT2D eigenvalue weighted by atomic mass is 10.2. The maximum absolute atomic E-state index is 5.86. The predicted molar refractivity (Wildman–Crippen MR) is 93.2 cm³/mol. The molecule has 0 spiro atoms. The van der Waals surface area contributed by atoms with Gasteiger partial charge in [-0.3, -0.25) is 0 Å². The van der Waals surface area contributed by atoms with Gasteiger partial charge in [0, 0.05) is 5.69 Å². The zero-order valence-corrected chi connectivity index (χ0v) is 13.7. The number of fused-ring (bicyclic) bond motifs is 1. The number of nitrogens with zero attached hydrogens (tertiary/aromatic N) is 1. The molecule has 0 aliphatic carbocycles. The van der Waals surface area contributed by atoms with Crippen LogP contribution in [0.15, 0.2) is 59.6 Å². The summed E-state index contributed by atoms with van der Waals surface area (Å²) in [4.78, 5) is 4.29. The average molecular weight is 364 g/mol. The van der Waals surface area contributed by atoms with Crippen molar-refractivity contribution < 1.29 is 9.47 Å². The van der Waals surface area contributed by atoms with Crippen molar-refractivity contribution in [2.45, 2.75) is 6.10 Å². The van der Waals surface area contributed by atoms with E-state index in [0.717, 1.165) is 17.2 Å². The average Bonchev–Trinajstić information content (AvgIpc) is 2.54. The van der Waals surface area contributed by atoms with Crippen LogP contribution >= 0.6 is 17.0 Å². The number of benzene rings is 2. The normalized spacial score (nSPS) is 16.5. The molecule has 1 aliphatic heterocycles. The van der Waals surface area contributed by atoms with Gasteiger partial charge in [-0.1, -0.05) is 30.3 Å². The SMILES string of the molecule is Br.NC(=NCC1COc2ccccc2O1)Nc1ccccc1. The van der Waals surface area contributed by atoms with E-state index in [1.165, 1.54) is 0 Å². The summed E-state index contributed by atoms with van der Waals surface area (Å²) in [5.74, 6) is 1.88. The van der Waals surface area contributed by atoms with Crippen molar-refractivity contribution in [1.82, 2.24) is 0 Å². The number of nitrogens with two attached hydrogens (primary N) is 1. The van der Waals surface area contributed by atoms with Gasteiger partial charge in [0.25, 0.3) is 0 Å². The summed E-state index contributed by atoms with van der Waals surface area (Å²) in [6.45, 7) is 0.916. The van der Waals surface area contributed by atoms with E-state index in [1.54, 1.807) is 0 Å². The molecule has 6 heteroatoms. The number of hydrogen-bond acceptors (Lipinski definition) is 3. The molecule has 22 heavy (non-hydrogen) atoms. The number of halogens is 1.